The van der Waals surface area contributed by atoms with Gasteiger partial charge in [-0.1, -0.05) is 134 Å². The smallest absolute Gasteiger partial charge is 0.311 e. The molecule has 2 aromatic carbocycles. The number of unbranched alkanes of at least 4 members (excludes halogenated alkanes) is 11. The molecule has 0 spiro atoms. The van der Waals surface area contributed by atoms with Gasteiger partial charge in [-0.15, -0.1) is 0 Å². The lowest BCUT2D eigenvalue weighted by Gasteiger charge is -2.31. The fourth-order valence-corrected chi connectivity index (χ4v) is 5.54. The molecule has 236 valence electrons. The number of nitrogens with zero attached hydrogens (tertiary/aromatic N) is 1. The zero-order valence-electron chi connectivity index (χ0n) is 27.8. The highest BCUT2D eigenvalue weighted by Gasteiger charge is 2.24. The van der Waals surface area contributed by atoms with E-state index in [0.29, 0.717) is 6.42 Å². The van der Waals surface area contributed by atoms with Gasteiger partial charge in [0.05, 0.1) is 26.6 Å². The van der Waals surface area contributed by atoms with E-state index in [9.17, 15) is 4.79 Å². The topological polar surface area (TPSA) is 35.5 Å². The SMILES string of the molecule is CCCCCCCCCCCCCCc1cccc(OC(CCC)OC(=O)C(C)CC[N+](C)(C)Cc2ccccc2)c1. The van der Waals surface area contributed by atoms with E-state index in [1.807, 2.05) is 19.1 Å². The molecule has 4 nitrogen and oxygen atoms in total. The molecule has 0 N–H and O–H groups in total. The first-order chi connectivity index (χ1) is 20.3. The normalized spacial score (nSPS) is 13.1. The number of aryl methyl sites for hydroxylation is 1. The van der Waals surface area contributed by atoms with Crippen LogP contribution in [0.5, 0.6) is 5.75 Å². The maximum Gasteiger partial charge on any atom is 0.311 e. The van der Waals surface area contributed by atoms with Crippen LogP contribution in [0, 0.1) is 5.92 Å². The molecule has 0 amide bonds. The van der Waals surface area contributed by atoms with Crippen LogP contribution in [0.4, 0.5) is 0 Å². The molecule has 2 atom stereocenters. The van der Waals surface area contributed by atoms with Gasteiger partial charge in [0, 0.05) is 18.4 Å². The zero-order chi connectivity index (χ0) is 30.5. The van der Waals surface area contributed by atoms with Gasteiger partial charge in [0.1, 0.15) is 12.3 Å². The summed E-state index contributed by atoms with van der Waals surface area (Å²) in [5, 5.41) is 0. The Morgan fingerprint density at radius 1 is 0.714 bits per heavy atom. The Labute approximate surface area is 258 Å². The molecule has 2 unspecified atom stereocenters. The van der Waals surface area contributed by atoms with Crippen molar-refractivity contribution in [2.24, 2.45) is 5.92 Å². The Kier molecular flexibility index (Phi) is 18.3. The fourth-order valence-electron chi connectivity index (χ4n) is 5.54. The van der Waals surface area contributed by atoms with Crippen LogP contribution in [0.15, 0.2) is 54.6 Å². The van der Waals surface area contributed by atoms with Crippen molar-refractivity contribution in [2.45, 2.75) is 136 Å². The van der Waals surface area contributed by atoms with Crippen molar-refractivity contribution in [3.63, 3.8) is 0 Å². The summed E-state index contributed by atoms with van der Waals surface area (Å²) in [6, 6.07) is 18.9. The van der Waals surface area contributed by atoms with Gasteiger partial charge < -0.3 is 14.0 Å². The lowest BCUT2D eigenvalue weighted by molar-refractivity contribution is -0.904. The molecule has 0 heterocycles. The van der Waals surface area contributed by atoms with Crippen LogP contribution in [-0.4, -0.2) is 37.4 Å². The number of quaternary nitrogens is 1. The van der Waals surface area contributed by atoms with Crippen molar-refractivity contribution >= 4 is 5.97 Å². The summed E-state index contributed by atoms with van der Waals surface area (Å²) in [4.78, 5) is 13.0. The highest BCUT2D eigenvalue weighted by Crippen LogP contribution is 2.21. The monoisotopic (exact) mass is 580 g/mol. The molecule has 4 heteroatoms. The number of ether oxygens (including phenoxy) is 2. The lowest BCUT2D eigenvalue weighted by atomic mass is 10.0. The van der Waals surface area contributed by atoms with E-state index in [0.717, 1.165) is 42.6 Å². The first-order valence-corrected chi connectivity index (χ1v) is 17.1. The van der Waals surface area contributed by atoms with Crippen LogP contribution in [0.3, 0.4) is 0 Å². The quantitative estimate of drug-likeness (QED) is 0.0536. The number of benzene rings is 2. The minimum atomic E-state index is -0.543. The summed E-state index contributed by atoms with van der Waals surface area (Å²) in [7, 11) is 4.44. The second-order valence-electron chi connectivity index (χ2n) is 13.1. The number of carbonyl (C=O) groups is 1. The summed E-state index contributed by atoms with van der Waals surface area (Å²) < 4.78 is 12.9. The molecular formula is C38H62NO3+. The van der Waals surface area contributed by atoms with Crippen molar-refractivity contribution in [3.05, 3.63) is 65.7 Å². The van der Waals surface area contributed by atoms with Crippen LogP contribution in [0.2, 0.25) is 0 Å². The van der Waals surface area contributed by atoms with Crippen LogP contribution < -0.4 is 4.74 Å². The molecule has 0 radical (unpaired) electrons. The molecular weight excluding hydrogens is 518 g/mol. The van der Waals surface area contributed by atoms with Gasteiger partial charge in [0.25, 0.3) is 0 Å². The van der Waals surface area contributed by atoms with E-state index in [1.165, 1.54) is 88.2 Å². The molecule has 0 saturated carbocycles. The molecule has 0 bridgehead atoms. The van der Waals surface area contributed by atoms with Crippen molar-refractivity contribution in [2.75, 3.05) is 20.6 Å². The Morgan fingerprint density at radius 2 is 1.31 bits per heavy atom. The summed E-state index contributed by atoms with van der Waals surface area (Å²) in [6.07, 6.45) is 19.3. The number of rotatable bonds is 24. The molecule has 0 aliphatic rings. The third-order valence-corrected chi connectivity index (χ3v) is 8.28. The van der Waals surface area contributed by atoms with Crippen molar-refractivity contribution in [1.82, 2.24) is 0 Å². The van der Waals surface area contributed by atoms with Gasteiger partial charge in [-0.2, -0.15) is 0 Å². The summed E-state index contributed by atoms with van der Waals surface area (Å²) in [5.74, 6) is 0.463. The third-order valence-electron chi connectivity index (χ3n) is 8.28. The molecule has 0 aliphatic heterocycles. The predicted molar refractivity (Wildman–Crippen MR) is 178 cm³/mol. The van der Waals surface area contributed by atoms with Gasteiger partial charge >= 0.3 is 5.97 Å². The van der Waals surface area contributed by atoms with E-state index >= 15 is 0 Å². The Hall–Kier alpha value is -2.33. The Morgan fingerprint density at radius 3 is 1.93 bits per heavy atom. The maximum absolute atomic E-state index is 13.0. The van der Waals surface area contributed by atoms with E-state index in [4.69, 9.17) is 9.47 Å². The second-order valence-corrected chi connectivity index (χ2v) is 13.1. The van der Waals surface area contributed by atoms with Crippen LogP contribution in [0.1, 0.15) is 128 Å². The Bertz CT molecular complexity index is 958. The predicted octanol–water partition coefficient (Wildman–Crippen LogP) is 10.3. The number of esters is 1. The number of carbonyl (C=O) groups excluding carboxylic acids is 1. The molecule has 0 aliphatic carbocycles. The molecule has 0 fully saturated rings. The van der Waals surface area contributed by atoms with Crippen molar-refractivity contribution < 1.29 is 18.8 Å². The average molecular weight is 581 g/mol. The fraction of sp³-hybridized carbons (Fsp3) is 0.658. The lowest BCUT2D eigenvalue weighted by Crippen LogP contribution is -2.41. The highest BCUT2D eigenvalue weighted by molar-refractivity contribution is 5.72. The van der Waals surface area contributed by atoms with Gasteiger partial charge in [-0.3, -0.25) is 4.79 Å². The van der Waals surface area contributed by atoms with E-state index in [2.05, 4.69) is 70.4 Å². The summed E-state index contributed by atoms with van der Waals surface area (Å²) in [5.41, 5.74) is 2.61. The average Bonchev–Trinajstić information content (AvgIpc) is 2.97. The third kappa shape index (κ3) is 16.3. The molecule has 0 saturated heterocycles. The van der Waals surface area contributed by atoms with Gasteiger partial charge in [0.15, 0.2) is 0 Å². The largest absolute Gasteiger partial charge is 0.455 e. The first-order valence-electron chi connectivity index (χ1n) is 17.1. The first kappa shape index (κ1) is 35.9. The number of hydrogen-bond donors (Lipinski definition) is 0. The van der Waals surface area contributed by atoms with E-state index < -0.39 is 6.29 Å². The van der Waals surface area contributed by atoms with E-state index in [-0.39, 0.29) is 11.9 Å². The minimum absolute atomic E-state index is 0.166. The van der Waals surface area contributed by atoms with Gasteiger partial charge in [-0.25, -0.2) is 0 Å². The number of hydrogen-bond acceptors (Lipinski definition) is 3. The van der Waals surface area contributed by atoms with Crippen molar-refractivity contribution in [1.29, 1.82) is 0 Å². The van der Waals surface area contributed by atoms with Crippen LogP contribution >= 0.6 is 0 Å². The molecule has 2 rings (SSSR count). The van der Waals surface area contributed by atoms with Crippen molar-refractivity contribution in [3.8, 4) is 5.75 Å². The van der Waals surface area contributed by atoms with Crippen LogP contribution in [0.25, 0.3) is 0 Å². The van der Waals surface area contributed by atoms with Crippen LogP contribution in [-0.2, 0) is 22.5 Å². The summed E-state index contributed by atoms with van der Waals surface area (Å²) in [6.45, 7) is 8.21. The van der Waals surface area contributed by atoms with Gasteiger partial charge in [0.2, 0.25) is 6.29 Å². The van der Waals surface area contributed by atoms with E-state index in [1.54, 1.807) is 0 Å². The molecule has 2 aromatic rings. The Balaban J connectivity index is 1.69. The molecule has 42 heavy (non-hydrogen) atoms. The maximum atomic E-state index is 13.0. The second kappa shape index (κ2) is 21.4. The standard InChI is InChI=1S/C38H62NO3/c1-6-8-9-10-11-12-13-14-15-16-17-19-24-34-27-22-28-36(31-34)41-37(23-7-2)42-38(40)33(3)29-30-39(4,5)32-35-25-20-18-21-26-35/h18,20-22,25-28,31,33,37H,6-17,19,23-24,29-30,32H2,1-5H3/q+1. The minimum Gasteiger partial charge on any atom is -0.455 e. The summed E-state index contributed by atoms with van der Waals surface area (Å²) >= 11 is 0. The molecule has 0 aromatic heterocycles. The zero-order valence-corrected chi connectivity index (χ0v) is 27.8. The van der Waals surface area contributed by atoms with Gasteiger partial charge in [-0.05, 0) is 37.0 Å². The highest BCUT2D eigenvalue weighted by atomic mass is 16.7.